The van der Waals surface area contributed by atoms with Crippen LogP contribution in [0, 0.1) is 5.41 Å². The molecule has 7 aromatic carbocycles. The molecule has 7 aromatic rings. The zero-order valence-electron chi connectivity index (χ0n) is 60.8. The molecule has 0 aliphatic heterocycles. The predicted molar refractivity (Wildman–Crippen MR) is 384 cm³/mol. The van der Waals surface area contributed by atoms with Gasteiger partial charge in [0.2, 0.25) is 0 Å². The molecule has 0 spiro atoms. The largest absolute Gasteiger partial charge is 0.0683 e. The van der Waals surface area contributed by atoms with Crippen LogP contribution in [0.25, 0.3) is 10.8 Å². The first-order valence-corrected chi connectivity index (χ1v) is 31.9. The van der Waals surface area contributed by atoms with Crippen LogP contribution < -0.4 is 0 Å². The van der Waals surface area contributed by atoms with Crippen molar-refractivity contribution in [3.63, 3.8) is 0 Å². The Kier molecular flexibility index (Phi) is 28.3. The van der Waals surface area contributed by atoms with Crippen molar-refractivity contribution in [2.75, 3.05) is 0 Å². The normalized spacial score (nSPS) is 12.4. The molecule has 0 fully saturated rings. The van der Waals surface area contributed by atoms with Crippen LogP contribution in [0.1, 0.15) is 290 Å². The van der Waals surface area contributed by atoms with E-state index in [9.17, 15) is 0 Å². The van der Waals surface area contributed by atoms with Crippen LogP contribution in [0.5, 0.6) is 0 Å². The van der Waals surface area contributed by atoms with E-state index in [4.69, 9.17) is 0 Å². The van der Waals surface area contributed by atoms with Gasteiger partial charge in [-0.1, -0.05) is 392 Å². The van der Waals surface area contributed by atoms with Gasteiger partial charge in [0.15, 0.2) is 0 Å². The predicted octanol–water partition coefficient (Wildman–Crippen LogP) is 25.9. The first kappa shape index (κ1) is 76.8. The van der Waals surface area contributed by atoms with Gasteiger partial charge in [-0.3, -0.25) is 0 Å². The lowest BCUT2D eigenvalue weighted by atomic mass is 9.79. The van der Waals surface area contributed by atoms with Crippen molar-refractivity contribution in [3.05, 3.63) is 225 Å². The number of hydrogen-bond donors (Lipinski definition) is 0. The second kappa shape index (κ2) is 30.9. The molecular formula is C84H128. The molecule has 7 rings (SSSR count). The van der Waals surface area contributed by atoms with Gasteiger partial charge < -0.3 is 0 Å². The van der Waals surface area contributed by atoms with E-state index in [1.54, 1.807) is 0 Å². The summed E-state index contributed by atoms with van der Waals surface area (Å²) >= 11 is 0. The summed E-state index contributed by atoms with van der Waals surface area (Å²) in [6.07, 6.45) is 1.02. The van der Waals surface area contributed by atoms with Crippen molar-refractivity contribution >= 4 is 10.8 Å². The zero-order chi connectivity index (χ0) is 65.3. The van der Waals surface area contributed by atoms with Crippen molar-refractivity contribution in [1.29, 1.82) is 0 Å². The Balaban J connectivity index is 0.000000512. The van der Waals surface area contributed by atoms with Crippen LogP contribution in [-0.2, 0) is 55.2 Å². The third-order valence-corrected chi connectivity index (χ3v) is 14.4. The summed E-state index contributed by atoms with van der Waals surface area (Å²) in [5.74, 6) is 0. The van der Waals surface area contributed by atoms with E-state index in [2.05, 4.69) is 378 Å². The minimum atomic E-state index is 0.190. The highest BCUT2D eigenvalue weighted by atomic mass is 14.3. The molecule has 0 bridgehead atoms. The SMILES string of the molecule is CC.CC(C)(C)C.CC(C)(C)c1ccc(C(C)(C)C)cc1.CC(C)(C)c1ccc(Cc2ccccc2)cc1.CC(C)(C)c1cccc(C(C)(C)C)c1.CC(C)(C)c1cccc(C(C)(C)C)c1.CC(C)(C)c1cccc2c(C(C)(C)C)cccc12. The van der Waals surface area contributed by atoms with Crippen molar-refractivity contribution in [2.24, 2.45) is 5.41 Å². The molecule has 0 aromatic heterocycles. The Morgan fingerprint density at radius 1 is 0.202 bits per heavy atom. The average molecular weight is 1140 g/mol. The maximum Gasteiger partial charge on any atom is -0.00258 e. The maximum atomic E-state index is 2.33. The first-order valence-electron chi connectivity index (χ1n) is 31.9. The molecule has 0 heterocycles. The summed E-state index contributed by atoms with van der Waals surface area (Å²) in [7, 11) is 0. The third kappa shape index (κ3) is 28.3. The van der Waals surface area contributed by atoms with Gasteiger partial charge in [-0.15, -0.1) is 0 Å². The van der Waals surface area contributed by atoms with E-state index in [0.29, 0.717) is 5.41 Å². The zero-order valence-corrected chi connectivity index (χ0v) is 60.8. The topological polar surface area (TPSA) is 0 Å². The minimum absolute atomic E-state index is 0.190. The van der Waals surface area contributed by atoms with Gasteiger partial charge >= 0.3 is 0 Å². The molecule has 0 heteroatoms. The lowest BCUT2D eigenvalue weighted by molar-refractivity contribution is 0.469. The quantitative estimate of drug-likeness (QED) is 0.162. The summed E-state index contributed by atoms with van der Waals surface area (Å²) < 4.78 is 0. The molecule has 0 nitrogen and oxygen atoms in total. The fourth-order valence-corrected chi connectivity index (χ4v) is 8.95. The fourth-order valence-electron chi connectivity index (χ4n) is 8.95. The summed E-state index contributed by atoms with van der Waals surface area (Å²) in [6.45, 7) is 73.8. The van der Waals surface area contributed by atoms with E-state index in [1.165, 1.54) is 72.0 Å². The lowest BCUT2D eigenvalue weighted by Gasteiger charge is -2.25. The van der Waals surface area contributed by atoms with Crippen LogP contribution in [-0.4, -0.2) is 0 Å². The molecule has 0 aliphatic rings. The molecule has 0 saturated heterocycles. The second-order valence-corrected chi connectivity index (χ2v) is 34.1. The van der Waals surface area contributed by atoms with Crippen LogP contribution in [0.15, 0.2) is 164 Å². The lowest BCUT2D eigenvalue weighted by Crippen LogP contribution is -2.15. The molecule has 0 saturated carbocycles. The molecule has 0 unspecified atom stereocenters. The van der Waals surface area contributed by atoms with Crippen molar-refractivity contribution in [1.82, 2.24) is 0 Å². The number of hydrogen-bond acceptors (Lipinski definition) is 0. The number of benzene rings is 7. The van der Waals surface area contributed by atoms with Gasteiger partial charge in [0, 0.05) is 0 Å². The van der Waals surface area contributed by atoms with Crippen molar-refractivity contribution in [2.45, 2.75) is 284 Å². The molecule has 84 heavy (non-hydrogen) atoms. The molecule has 0 radical (unpaired) electrons. The fraction of sp³-hybridized carbons (Fsp3) is 0.524. The van der Waals surface area contributed by atoms with E-state index >= 15 is 0 Å². The Morgan fingerprint density at radius 3 is 0.643 bits per heavy atom. The van der Waals surface area contributed by atoms with Crippen LogP contribution in [0.2, 0.25) is 0 Å². The van der Waals surface area contributed by atoms with Gasteiger partial charge in [-0.2, -0.15) is 0 Å². The van der Waals surface area contributed by atoms with Crippen molar-refractivity contribution < 1.29 is 0 Å². The van der Waals surface area contributed by atoms with E-state index < -0.39 is 0 Å². The number of rotatable bonds is 2. The standard InChI is InChI=1S/C18H24.C17H20.3C14H22.C5H12.C2H6/c1-17(2,3)15-11-7-10-14-13(15)9-8-12-16(14)18(4,5)6;1-17(2,3)16-11-9-15(10-12-16)13-14-7-5-4-6-8-14;1-13(2,3)11-7-9-12(10-8-11)14(4,5)6;2*1-13(2,3)11-8-7-9-12(10-11)14(4,5)6;1-5(2,3)4;1-2/h7-12H,1-6H3;4-12H,13H2,1-3H3;3*7-10H,1-6H3;1-4H3;1-2H3. The highest BCUT2D eigenvalue weighted by Gasteiger charge is 2.23. The van der Waals surface area contributed by atoms with E-state index in [-0.39, 0.29) is 48.7 Å². The molecule has 464 valence electrons. The van der Waals surface area contributed by atoms with Crippen molar-refractivity contribution in [3.8, 4) is 0 Å². The Labute approximate surface area is 521 Å². The Morgan fingerprint density at radius 2 is 0.417 bits per heavy atom. The molecule has 0 atom stereocenters. The van der Waals surface area contributed by atoms with Gasteiger partial charge in [0.1, 0.15) is 0 Å². The monoisotopic (exact) mass is 1140 g/mol. The second-order valence-electron chi connectivity index (χ2n) is 34.1. The summed E-state index contributed by atoms with van der Waals surface area (Å²) in [4.78, 5) is 0. The van der Waals surface area contributed by atoms with E-state index in [1.807, 2.05) is 13.8 Å². The highest BCUT2D eigenvalue weighted by molar-refractivity contribution is 5.90. The average Bonchev–Trinajstić information content (AvgIpc) is 3.12. The summed E-state index contributed by atoms with van der Waals surface area (Å²) in [5, 5.41) is 2.80. The Bertz CT molecular complexity index is 2730. The molecule has 0 N–H and O–H groups in total. The summed E-state index contributed by atoms with van der Waals surface area (Å²) in [5.41, 5.74) is 18.2. The third-order valence-electron chi connectivity index (χ3n) is 14.4. The Hall–Kier alpha value is -5.20. The minimum Gasteiger partial charge on any atom is -0.0683 e. The van der Waals surface area contributed by atoms with Gasteiger partial charge in [-0.05, 0) is 133 Å². The highest BCUT2D eigenvalue weighted by Crippen LogP contribution is 2.36. The van der Waals surface area contributed by atoms with Gasteiger partial charge in [-0.25, -0.2) is 0 Å². The maximum absolute atomic E-state index is 2.33. The molecular weight excluding hydrogens is 1010 g/mol. The molecule has 0 aliphatic carbocycles. The smallest absolute Gasteiger partial charge is 0.00258 e. The first-order chi connectivity index (χ1) is 37.9. The molecule has 0 amide bonds. The van der Waals surface area contributed by atoms with E-state index in [0.717, 1.165) is 6.42 Å². The van der Waals surface area contributed by atoms with Gasteiger partial charge in [0.25, 0.3) is 0 Å². The van der Waals surface area contributed by atoms with Gasteiger partial charge in [0.05, 0.1) is 0 Å². The number of fused-ring (bicyclic) bond motifs is 1. The summed E-state index contributed by atoms with van der Waals surface area (Å²) in [6, 6.07) is 59.9. The van der Waals surface area contributed by atoms with Crippen LogP contribution >= 0.6 is 0 Å². The van der Waals surface area contributed by atoms with Crippen LogP contribution in [0.4, 0.5) is 0 Å². The van der Waals surface area contributed by atoms with Crippen LogP contribution in [0.3, 0.4) is 0 Å².